The van der Waals surface area contributed by atoms with Crippen molar-refractivity contribution >= 4 is 11.8 Å². The van der Waals surface area contributed by atoms with Gasteiger partial charge < -0.3 is 10.2 Å². The second-order valence-corrected chi connectivity index (χ2v) is 8.31. The first-order chi connectivity index (χ1) is 16.0. The van der Waals surface area contributed by atoms with E-state index in [1.165, 1.54) is 12.1 Å². The zero-order valence-corrected chi connectivity index (χ0v) is 19.3. The number of benzene rings is 3. The van der Waals surface area contributed by atoms with Crippen LogP contribution in [0.15, 0.2) is 78.9 Å². The van der Waals surface area contributed by atoms with Gasteiger partial charge in [-0.05, 0) is 42.2 Å². The Bertz CT molecular complexity index is 1050. The van der Waals surface area contributed by atoms with Crippen LogP contribution in [-0.4, -0.2) is 29.3 Å². The maximum absolute atomic E-state index is 13.6. The Morgan fingerprint density at radius 3 is 2.27 bits per heavy atom. The van der Waals surface area contributed by atoms with Gasteiger partial charge >= 0.3 is 0 Å². The molecule has 3 aromatic carbocycles. The van der Waals surface area contributed by atoms with Crippen LogP contribution in [-0.2, 0) is 29.0 Å². The van der Waals surface area contributed by atoms with Crippen molar-refractivity contribution in [3.8, 4) is 0 Å². The van der Waals surface area contributed by atoms with Gasteiger partial charge in [-0.1, -0.05) is 79.2 Å². The summed E-state index contributed by atoms with van der Waals surface area (Å²) in [6, 6.07) is 22.9. The average molecular weight is 447 g/mol. The molecule has 0 aromatic heterocycles. The fraction of sp³-hybridized carbons (Fsp3) is 0.286. The lowest BCUT2D eigenvalue weighted by Gasteiger charge is -2.31. The van der Waals surface area contributed by atoms with Gasteiger partial charge in [0.05, 0.1) is 6.42 Å². The predicted molar refractivity (Wildman–Crippen MR) is 129 cm³/mol. The molecule has 0 fully saturated rings. The number of halogens is 1. The molecule has 4 nitrogen and oxygen atoms in total. The first kappa shape index (κ1) is 24.2. The van der Waals surface area contributed by atoms with Crippen molar-refractivity contribution in [3.05, 3.63) is 107 Å². The average Bonchev–Trinajstić information content (AvgIpc) is 2.81. The molecule has 1 N–H and O–H groups in total. The van der Waals surface area contributed by atoms with Crippen molar-refractivity contribution in [2.45, 2.75) is 45.7 Å². The molecule has 0 bridgehead atoms. The van der Waals surface area contributed by atoms with Crippen LogP contribution in [0, 0.1) is 12.7 Å². The maximum atomic E-state index is 13.6. The number of rotatable bonds is 10. The van der Waals surface area contributed by atoms with Crippen molar-refractivity contribution in [3.63, 3.8) is 0 Å². The van der Waals surface area contributed by atoms with Crippen LogP contribution in [0.5, 0.6) is 0 Å². The molecule has 3 aromatic rings. The van der Waals surface area contributed by atoms with Gasteiger partial charge in [0.1, 0.15) is 11.9 Å². The Labute approximate surface area is 195 Å². The monoisotopic (exact) mass is 446 g/mol. The summed E-state index contributed by atoms with van der Waals surface area (Å²) in [6.45, 7) is 4.74. The van der Waals surface area contributed by atoms with Crippen LogP contribution in [0.4, 0.5) is 4.39 Å². The molecule has 0 heterocycles. The Morgan fingerprint density at radius 2 is 1.61 bits per heavy atom. The molecule has 0 saturated carbocycles. The molecule has 0 radical (unpaired) electrons. The van der Waals surface area contributed by atoms with Crippen molar-refractivity contribution in [2.75, 3.05) is 6.54 Å². The highest BCUT2D eigenvalue weighted by Gasteiger charge is 2.30. The number of carbonyl (C=O) groups is 2. The van der Waals surface area contributed by atoms with E-state index < -0.39 is 6.04 Å². The molecular weight excluding hydrogens is 415 g/mol. The number of hydrogen-bond acceptors (Lipinski definition) is 2. The summed E-state index contributed by atoms with van der Waals surface area (Å²) in [6.07, 6.45) is 1.39. The number of nitrogens with zero attached hydrogens (tertiary/aromatic N) is 1. The van der Waals surface area contributed by atoms with Crippen LogP contribution in [0.25, 0.3) is 0 Å². The molecule has 0 aliphatic rings. The van der Waals surface area contributed by atoms with Crippen LogP contribution in [0.2, 0.25) is 0 Å². The van der Waals surface area contributed by atoms with Crippen LogP contribution < -0.4 is 5.32 Å². The standard InChI is InChI=1S/C28H31FN2O2/c1-3-16-30-28(33)26(18-22-9-5-4-6-10-22)31(20-23-12-14-25(29)15-13-23)27(32)19-24-11-7-8-21(2)17-24/h4-15,17,26H,3,16,18-20H2,1-2H3,(H,30,33). The Hall–Kier alpha value is -3.47. The minimum absolute atomic E-state index is 0.141. The zero-order chi connectivity index (χ0) is 23.6. The summed E-state index contributed by atoms with van der Waals surface area (Å²) < 4.78 is 13.5. The fourth-order valence-electron chi connectivity index (χ4n) is 3.80. The second-order valence-electron chi connectivity index (χ2n) is 8.31. The highest BCUT2D eigenvalue weighted by molar-refractivity contribution is 5.88. The smallest absolute Gasteiger partial charge is 0.243 e. The molecule has 5 heteroatoms. The van der Waals surface area contributed by atoms with E-state index in [-0.39, 0.29) is 30.6 Å². The molecular formula is C28H31FN2O2. The van der Waals surface area contributed by atoms with Crippen LogP contribution in [0.3, 0.4) is 0 Å². The summed E-state index contributed by atoms with van der Waals surface area (Å²) in [5, 5.41) is 2.96. The topological polar surface area (TPSA) is 49.4 Å². The quantitative estimate of drug-likeness (QED) is 0.484. The van der Waals surface area contributed by atoms with Crippen molar-refractivity contribution in [2.24, 2.45) is 0 Å². The molecule has 0 saturated heterocycles. The Kier molecular flexibility index (Phi) is 8.76. The summed E-state index contributed by atoms with van der Waals surface area (Å²) in [7, 11) is 0. The lowest BCUT2D eigenvalue weighted by Crippen LogP contribution is -2.51. The van der Waals surface area contributed by atoms with Gasteiger partial charge in [-0.25, -0.2) is 4.39 Å². The van der Waals surface area contributed by atoms with E-state index in [9.17, 15) is 14.0 Å². The third kappa shape index (κ3) is 7.28. The summed E-state index contributed by atoms with van der Waals surface area (Å²) >= 11 is 0. The third-order valence-corrected chi connectivity index (χ3v) is 5.52. The van der Waals surface area contributed by atoms with Crippen molar-refractivity contribution in [1.82, 2.24) is 10.2 Å². The Morgan fingerprint density at radius 1 is 0.909 bits per heavy atom. The van der Waals surface area contributed by atoms with Crippen molar-refractivity contribution in [1.29, 1.82) is 0 Å². The van der Waals surface area contributed by atoms with E-state index in [1.807, 2.05) is 68.4 Å². The minimum atomic E-state index is -0.679. The molecule has 1 unspecified atom stereocenters. The summed E-state index contributed by atoms with van der Waals surface area (Å²) in [4.78, 5) is 28.4. The molecule has 172 valence electrons. The zero-order valence-electron chi connectivity index (χ0n) is 19.3. The van der Waals surface area contributed by atoms with Gasteiger partial charge in [0.15, 0.2) is 0 Å². The lowest BCUT2D eigenvalue weighted by molar-refractivity contribution is -0.140. The van der Waals surface area contributed by atoms with E-state index >= 15 is 0 Å². The molecule has 0 spiro atoms. The van der Waals surface area contributed by atoms with E-state index in [1.54, 1.807) is 17.0 Å². The number of amides is 2. The highest BCUT2D eigenvalue weighted by Crippen LogP contribution is 2.17. The minimum Gasteiger partial charge on any atom is -0.354 e. The fourth-order valence-corrected chi connectivity index (χ4v) is 3.80. The van der Waals surface area contributed by atoms with Crippen LogP contribution >= 0.6 is 0 Å². The Balaban J connectivity index is 1.94. The molecule has 0 aliphatic heterocycles. The SMILES string of the molecule is CCCNC(=O)C(Cc1ccccc1)N(Cc1ccc(F)cc1)C(=O)Cc1cccc(C)c1. The first-order valence-corrected chi connectivity index (χ1v) is 11.4. The van der Waals surface area contributed by atoms with E-state index in [0.29, 0.717) is 13.0 Å². The van der Waals surface area contributed by atoms with E-state index in [2.05, 4.69) is 5.32 Å². The molecule has 1 atom stereocenters. The van der Waals surface area contributed by atoms with Gasteiger partial charge in [-0.3, -0.25) is 9.59 Å². The van der Waals surface area contributed by atoms with E-state index in [0.717, 1.165) is 28.7 Å². The lowest BCUT2D eigenvalue weighted by atomic mass is 10.0. The first-order valence-electron chi connectivity index (χ1n) is 11.4. The summed E-state index contributed by atoms with van der Waals surface area (Å²) in [5.74, 6) is -0.657. The largest absolute Gasteiger partial charge is 0.354 e. The van der Waals surface area contributed by atoms with Crippen molar-refractivity contribution < 1.29 is 14.0 Å². The number of carbonyl (C=O) groups excluding carboxylic acids is 2. The highest BCUT2D eigenvalue weighted by atomic mass is 19.1. The summed E-state index contributed by atoms with van der Waals surface area (Å²) in [5.41, 5.74) is 3.72. The van der Waals surface area contributed by atoms with Gasteiger partial charge in [0.25, 0.3) is 0 Å². The maximum Gasteiger partial charge on any atom is 0.243 e. The second kappa shape index (κ2) is 12.0. The molecule has 0 aliphatic carbocycles. The van der Waals surface area contributed by atoms with Gasteiger partial charge in [-0.2, -0.15) is 0 Å². The normalized spacial score (nSPS) is 11.6. The molecule has 3 rings (SSSR count). The number of hydrogen-bond donors (Lipinski definition) is 1. The molecule has 33 heavy (non-hydrogen) atoms. The van der Waals surface area contributed by atoms with Crippen LogP contribution in [0.1, 0.15) is 35.6 Å². The number of aryl methyl sites for hydroxylation is 1. The van der Waals surface area contributed by atoms with Gasteiger partial charge in [0.2, 0.25) is 11.8 Å². The van der Waals surface area contributed by atoms with Gasteiger partial charge in [0, 0.05) is 19.5 Å². The predicted octanol–water partition coefficient (Wildman–Crippen LogP) is 4.84. The molecule has 2 amide bonds. The van der Waals surface area contributed by atoms with Gasteiger partial charge in [-0.15, -0.1) is 0 Å². The number of nitrogens with one attached hydrogen (secondary N) is 1. The van der Waals surface area contributed by atoms with E-state index in [4.69, 9.17) is 0 Å². The third-order valence-electron chi connectivity index (χ3n) is 5.52.